The lowest BCUT2D eigenvalue weighted by Crippen LogP contribution is -2.33. The monoisotopic (exact) mass is 298 g/mol. The topological polar surface area (TPSA) is 114 Å². The van der Waals surface area contributed by atoms with Crippen molar-refractivity contribution in [3.8, 4) is 0 Å². The second-order valence-corrected chi connectivity index (χ2v) is 4.62. The van der Waals surface area contributed by atoms with Crippen LogP contribution in [0.4, 0.5) is 0 Å². The van der Waals surface area contributed by atoms with Gasteiger partial charge in [-0.05, 0) is 13.0 Å². The number of hydrogen-bond donors (Lipinski definition) is 3. The van der Waals surface area contributed by atoms with Gasteiger partial charge in [-0.15, -0.1) is 0 Å². The zero-order valence-corrected chi connectivity index (χ0v) is 11.6. The van der Waals surface area contributed by atoms with Gasteiger partial charge in [0.25, 0.3) is 5.56 Å². The molecule has 0 bridgehead atoms. The molecule has 8 nitrogen and oxygen atoms in total. The van der Waals surface area contributed by atoms with Crippen molar-refractivity contribution in [1.82, 2.24) is 9.55 Å². The first-order chi connectivity index (χ1) is 10.1. The van der Waals surface area contributed by atoms with Crippen LogP contribution >= 0.6 is 0 Å². The number of aromatic nitrogens is 2. The molecule has 1 aliphatic rings. The van der Waals surface area contributed by atoms with Crippen LogP contribution in [0, 0.1) is 0 Å². The van der Waals surface area contributed by atoms with Gasteiger partial charge in [-0.3, -0.25) is 14.3 Å². The highest BCUT2D eigenvalue weighted by Crippen LogP contribution is 2.27. The van der Waals surface area contributed by atoms with Gasteiger partial charge in [0.05, 0.1) is 31.1 Å². The van der Waals surface area contributed by atoms with Gasteiger partial charge in [-0.2, -0.15) is 0 Å². The molecular weight excluding hydrogens is 280 g/mol. The summed E-state index contributed by atoms with van der Waals surface area (Å²) in [7, 11) is 0. The molecule has 1 saturated heterocycles. The Morgan fingerprint density at radius 1 is 1.57 bits per heavy atom. The molecule has 1 aromatic rings. The summed E-state index contributed by atoms with van der Waals surface area (Å²) in [5.41, 5.74) is -0.942. The van der Waals surface area contributed by atoms with Crippen molar-refractivity contribution >= 4 is 6.08 Å². The van der Waals surface area contributed by atoms with Crippen LogP contribution in [-0.2, 0) is 9.47 Å². The zero-order chi connectivity index (χ0) is 15.4. The van der Waals surface area contributed by atoms with Crippen LogP contribution in [-0.4, -0.2) is 45.2 Å². The van der Waals surface area contributed by atoms with Crippen molar-refractivity contribution in [2.24, 2.45) is 0 Å². The molecule has 1 aromatic heterocycles. The minimum absolute atomic E-state index is 0.159. The Morgan fingerprint density at radius 2 is 2.33 bits per heavy atom. The molecule has 1 fully saturated rings. The normalized spacial score (nSPS) is 25.6. The molecule has 0 aromatic carbocycles. The minimum atomic E-state index is -0.860. The van der Waals surface area contributed by atoms with Gasteiger partial charge >= 0.3 is 5.69 Å². The fourth-order valence-electron chi connectivity index (χ4n) is 2.10. The molecule has 116 valence electrons. The predicted octanol–water partition coefficient (Wildman–Crippen LogP) is -0.816. The van der Waals surface area contributed by atoms with E-state index in [0.29, 0.717) is 6.61 Å². The maximum Gasteiger partial charge on any atom is 0.330 e. The van der Waals surface area contributed by atoms with Crippen molar-refractivity contribution in [2.45, 2.75) is 31.8 Å². The van der Waals surface area contributed by atoms with Crippen molar-refractivity contribution in [3.05, 3.63) is 38.9 Å². The molecule has 0 saturated carbocycles. The molecule has 0 aliphatic carbocycles. The number of nitrogens with zero attached hydrogens (tertiary/aromatic N) is 1. The quantitative estimate of drug-likeness (QED) is 0.612. The number of aliphatic hydroxyl groups excluding tert-OH is 2. The van der Waals surface area contributed by atoms with Gasteiger partial charge in [-0.25, -0.2) is 4.79 Å². The standard InChI is InChI=1S/C13H18N2O6/c1-2-20-4-3-8-6-15(13(19)14-12(8)18)11-5-9(17)10(7-16)21-11/h3-4,6,9-11,16-17H,2,5,7H2,1H3,(H,14,18,19)/b4-3+/t9-,10+,11+/m0/s1. The van der Waals surface area contributed by atoms with Crippen molar-refractivity contribution in [3.63, 3.8) is 0 Å². The Labute approximate surface area is 120 Å². The van der Waals surface area contributed by atoms with Crippen molar-refractivity contribution < 1.29 is 19.7 Å². The SMILES string of the molecule is CCO/C=C/c1cn([C@H]2C[C@H](O)[C@@H](CO)O2)c(=O)[nH]c1=O. The van der Waals surface area contributed by atoms with E-state index in [9.17, 15) is 14.7 Å². The van der Waals surface area contributed by atoms with E-state index in [-0.39, 0.29) is 18.6 Å². The maximum absolute atomic E-state index is 11.8. The summed E-state index contributed by atoms with van der Waals surface area (Å²) in [6, 6.07) is 0. The van der Waals surface area contributed by atoms with E-state index in [1.54, 1.807) is 6.92 Å². The Morgan fingerprint density at radius 3 is 2.95 bits per heavy atom. The van der Waals surface area contributed by atoms with Crippen molar-refractivity contribution in [2.75, 3.05) is 13.2 Å². The van der Waals surface area contributed by atoms with E-state index in [1.165, 1.54) is 23.1 Å². The van der Waals surface area contributed by atoms with E-state index in [2.05, 4.69) is 4.98 Å². The lowest BCUT2D eigenvalue weighted by atomic mass is 10.2. The van der Waals surface area contributed by atoms with Gasteiger partial charge in [0.15, 0.2) is 0 Å². The number of nitrogens with one attached hydrogen (secondary N) is 1. The first kappa shape index (κ1) is 15.5. The summed E-state index contributed by atoms with van der Waals surface area (Å²) >= 11 is 0. The van der Waals surface area contributed by atoms with E-state index >= 15 is 0 Å². The Bertz CT molecular complexity index is 620. The average molecular weight is 298 g/mol. The molecule has 0 amide bonds. The Hall–Kier alpha value is -1.90. The van der Waals surface area contributed by atoms with Crippen molar-refractivity contribution in [1.29, 1.82) is 0 Å². The largest absolute Gasteiger partial charge is 0.501 e. The summed E-state index contributed by atoms with van der Waals surface area (Å²) in [6.45, 7) is 1.93. The summed E-state index contributed by atoms with van der Waals surface area (Å²) < 4.78 is 11.6. The summed E-state index contributed by atoms with van der Waals surface area (Å²) in [5, 5.41) is 18.8. The summed E-state index contributed by atoms with van der Waals surface area (Å²) in [6.07, 6.45) is 1.96. The Balaban J connectivity index is 2.30. The molecule has 3 N–H and O–H groups in total. The molecule has 0 radical (unpaired) electrons. The first-order valence-corrected chi connectivity index (χ1v) is 6.64. The summed E-state index contributed by atoms with van der Waals surface area (Å²) in [4.78, 5) is 25.7. The smallest absolute Gasteiger partial charge is 0.330 e. The molecule has 0 spiro atoms. The molecule has 3 atom stereocenters. The van der Waals surface area contributed by atoms with Crippen LogP contribution in [0.15, 0.2) is 22.0 Å². The lowest BCUT2D eigenvalue weighted by molar-refractivity contribution is -0.0459. The third kappa shape index (κ3) is 3.41. The van der Waals surface area contributed by atoms with E-state index in [4.69, 9.17) is 14.6 Å². The van der Waals surface area contributed by atoms with Crippen LogP contribution < -0.4 is 11.2 Å². The van der Waals surface area contributed by atoms with Crippen LogP contribution in [0.1, 0.15) is 25.1 Å². The predicted molar refractivity (Wildman–Crippen MR) is 73.6 cm³/mol. The minimum Gasteiger partial charge on any atom is -0.501 e. The molecule has 2 rings (SSSR count). The van der Waals surface area contributed by atoms with Gasteiger partial charge in [-0.1, -0.05) is 0 Å². The molecule has 0 unspecified atom stereocenters. The highest BCUT2D eigenvalue weighted by molar-refractivity contribution is 5.45. The average Bonchev–Trinajstić information content (AvgIpc) is 2.82. The zero-order valence-electron chi connectivity index (χ0n) is 11.6. The Kier molecular flexibility index (Phi) is 4.94. The van der Waals surface area contributed by atoms with Crippen LogP contribution in [0.5, 0.6) is 0 Å². The molecule has 2 heterocycles. The number of hydrogen-bond acceptors (Lipinski definition) is 6. The summed E-state index contributed by atoms with van der Waals surface area (Å²) in [5.74, 6) is 0. The van der Waals surface area contributed by atoms with Gasteiger partial charge < -0.3 is 19.7 Å². The molecule has 1 aliphatic heterocycles. The molecular formula is C13H18N2O6. The number of aliphatic hydroxyl groups is 2. The fraction of sp³-hybridized carbons (Fsp3) is 0.538. The highest BCUT2D eigenvalue weighted by Gasteiger charge is 2.35. The number of aromatic amines is 1. The maximum atomic E-state index is 11.8. The fourth-order valence-corrected chi connectivity index (χ4v) is 2.10. The van der Waals surface area contributed by atoms with Crippen LogP contribution in [0.25, 0.3) is 6.08 Å². The second-order valence-electron chi connectivity index (χ2n) is 4.62. The van der Waals surface area contributed by atoms with Gasteiger partial charge in [0.1, 0.15) is 12.3 Å². The van der Waals surface area contributed by atoms with Gasteiger partial charge in [0, 0.05) is 12.6 Å². The second kappa shape index (κ2) is 6.70. The van der Waals surface area contributed by atoms with E-state index < -0.39 is 29.7 Å². The van der Waals surface area contributed by atoms with E-state index in [0.717, 1.165) is 0 Å². The first-order valence-electron chi connectivity index (χ1n) is 6.64. The van der Waals surface area contributed by atoms with Gasteiger partial charge in [0.2, 0.25) is 0 Å². The van der Waals surface area contributed by atoms with E-state index in [1.807, 2.05) is 0 Å². The number of ether oxygens (including phenoxy) is 2. The number of H-pyrrole nitrogens is 1. The third-order valence-electron chi connectivity index (χ3n) is 3.20. The van der Waals surface area contributed by atoms with Crippen LogP contribution in [0.3, 0.4) is 0 Å². The lowest BCUT2D eigenvalue weighted by Gasteiger charge is -2.14. The molecule has 21 heavy (non-hydrogen) atoms. The highest BCUT2D eigenvalue weighted by atomic mass is 16.5. The third-order valence-corrected chi connectivity index (χ3v) is 3.20. The molecule has 8 heteroatoms. The number of rotatable bonds is 5. The van der Waals surface area contributed by atoms with Crippen LogP contribution in [0.2, 0.25) is 0 Å².